The third kappa shape index (κ3) is 3.72. The molecule has 7 nitrogen and oxygen atoms in total. The predicted molar refractivity (Wildman–Crippen MR) is 98.3 cm³/mol. The lowest BCUT2D eigenvalue weighted by Crippen LogP contribution is -2.36. The highest BCUT2D eigenvalue weighted by molar-refractivity contribution is 5.90. The molecule has 3 aromatic rings. The fourth-order valence-electron chi connectivity index (χ4n) is 2.84. The van der Waals surface area contributed by atoms with Gasteiger partial charge >= 0.3 is 6.03 Å². The van der Waals surface area contributed by atoms with Crippen molar-refractivity contribution in [3.8, 4) is 11.4 Å². The van der Waals surface area contributed by atoms with Crippen molar-refractivity contribution in [1.29, 1.82) is 0 Å². The van der Waals surface area contributed by atoms with Crippen molar-refractivity contribution < 1.29 is 4.79 Å². The average Bonchev–Trinajstić information content (AvgIpc) is 3.41. The van der Waals surface area contributed by atoms with Gasteiger partial charge in [0.1, 0.15) is 6.33 Å². The Balaban J connectivity index is 1.49. The SMILES string of the molecule is Cn1cnc(-c2cccc(NC(=O)N(Cc3ccncc3)C3CC3)c2)n1. The second-order valence-corrected chi connectivity index (χ2v) is 6.47. The molecule has 4 rings (SSSR count). The first-order valence-electron chi connectivity index (χ1n) is 8.61. The van der Waals surface area contributed by atoms with E-state index >= 15 is 0 Å². The van der Waals surface area contributed by atoms with E-state index in [1.165, 1.54) is 0 Å². The lowest BCUT2D eigenvalue weighted by Gasteiger charge is -2.23. The Hall–Kier alpha value is -3.22. The maximum absolute atomic E-state index is 12.8. The summed E-state index contributed by atoms with van der Waals surface area (Å²) in [5.41, 5.74) is 2.68. The van der Waals surface area contributed by atoms with E-state index < -0.39 is 0 Å². The lowest BCUT2D eigenvalue weighted by atomic mass is 10.2. The fraction of sp³-hybridized carbons (Fsp3) is 0.263. The summed E-state index contributed by atoms with van der Waals surface area (Å²) in [6, 6.07) is 11.7. The molecule has 0 unspecified atom stereocenters. The minimum absolute atomic E-state index is 0.0876. The molecule has 2 heterocycles. The smallest absolute Gasteiger partial charge is 0.317 e. The van der Waals surface area contributed by atoms with Crippen LogP contribution in [0.2, 0.25) is 0 Å². The van der Waals surface area contributed by atoms with Gasteiger partial charge in [0.15, 0.2) is 5.82 Å². The summed E-state index contributed by atoms with van der Waals surface area (Å²) in [6.07, 6.45) is 7.26. The zero-order valence-corrected chi connectivity index (χ0v) is 14.5. The summed E-state index contributed by atoms with van der Waals surface area (Å²) in [4.78, 5) is 23.0. The van der Waals surface area contributed by atoms with Crippen LogP contribution < -0.4 is 5.32 Å². The number of carbonyl (C=O) groups excluding carboxylic acids is 1. The Morgan fingerprint density at radius 1 is 1.27 bits per heavy atom. The Morgan fingerprint density at radius 3 is 2.77 bits per heavy atom. The maximum Gasteiger partial charge on any atom is 0.322 e. The molecule has 26 heavy (non-hydrogen) atoms. The van der Waals surface area contributed by atoms with Crippen LogP contribution in [0, 0.1) is 0 Å². The van der Waals surface area contributed by atoms with E-state index in [2.05, 4.69) is 20.4 Å². The largest absolute Gasteiger partial charge is 0.322 e. The van der Waals surface area contributed by atoms with Crippen LogP contribution in [-0.2, 0) is 13.6 Å². The van der Waals surface area contributed by atoms with E-state index in [1.807, 2.05) is 48.3 Å². The molecule has 132 valence electrons. The van der Waals surface area contributed by atoms with Gasteiger partial charge in [-0.2, -0.15) is 5.10 Å². The second-order valence-electron chi connectivity index (χ2n) is 6.47. The third-order valence-electron chi connectivity index (χ3n) is 4.32. The molecule has 2 aromatic heterocycles. The number of amides is 2. The van der Waals surface area contributed by atoms with Crippen LogP contribution in [0.1, 0.15) is 18.4 Å². The number of hydrogen-bond acceptors (Lipinski definition) is 4. The van der Waals surface area contributed by atoms with Crippen LogP contribution in [0.15, 0.2) is 55.1 Å². The van der Waals surface area contributed by atoms with Gasteiger partial charge in [-0.15, -0.1) is 0 Å². The number of rotatable bonds is 5. The Bertz CT molecular complexity index is 903. The van der Waals surface area contributed by atoms with Crippen molar-refractivity contribution in [3.05, 3.63) is 60.7 Å². The van der Waals surface area contributed by atoms with Crippen LogP contribution >= 0.6 is 0 Å². The molecule has 1 aliphatic carbocycles. The molecule has 1 saturated carbocycles. The molecule has 0 saturated heterocycles. The zero-order chi connectivity index (χ0) is 17.9. The van der Waals surface area contributed by atoms with Crippen LogP contribution in [-0.4, -0.2) is 36.7 Å². The lowest BCUT2D eigenvalue weighted by molar-refractivity contribution is 0.206. The monoisotopic (exact) mass is 348 g/mol. The van der Waals surface area contributed by atoms with Gasteiger partial charge in [0, 0.05) is 43.3 Å². The number of benzene rings is 1. The van der Waals surface area contributed by atoms with Gasteiger partial charge in [0.2, 0.25) is 0 Å². The van der Waals surface area contributed by atoms with Gasteiger partial charge in [0.05, 0.1) is 0 Å². The number of urea groups is 1. The van der Waals surface area contributed by atoms with E-state index in [9.17, 15) is 4.79 Å². The van der Waals surface area contributed by atoms with Gasteiger partial charge < -0.3 is 10.2 Å². The van der Waals surface area contributed by atoms with Gasteiger partial charge in [-0.05, 0) is 42.7 Å². The van der Waals surface area contributed by atoms with Gasteiger partial charge in [-0.3, -0.25) is 9.67 Å². The summed E-state index contributed by atoms with van der Waals surface area (Å²) >= 11 is 0. The highest BCUT2D eigenvalue weighted by atomic mass is 16.2. The Kier molecular flexibility index (Phi) is 4.35. The molecule has 0 aliphatic heterocycles. The third-order valence-corrected chi connectivity index (χ3v) is 4.32. The van der Waals surface area contributed by atoms with E-state index in [-0.39, 0.29) is 6.03 Å². The molecule has 2 amide bonds. The summed E-state index contributed by atoms with van der Waals surface area (Å²) in [7, 11) is 1.83. The molecule has 1 N–H and O–H groups in total. The molecule has 0 bridgehead atoms. The van der Waals surface area contributed by atoms with Gasteiger partial charge in [-0.25, -0.2) is 9.78 Å². The standard InChI is InChI=1S/C19H20N6O/c1-24-13-21-18(23-24)15-3-2-4-16(11-15)22-19(26)25(17-5-6-17)12-14-7-9-20-10-8-14/h2-4,7-11,13,17H,5-6,12H2,1H3,(H,22,26). The van der Waals surface area contributed by atoms with Gasteiger partial charge in [-0.1, -0.05) is 12.1 Å². The summed E-state index contributed by atoms with van der Waals surface area (Å²) in [6.45, 7) is 0.584. The minimum Gasteiger partial charge on any atom is -0.317 e. The highest BCUT2D eigenvalue weighted by Gasteiger charge is 2.32. The summed E-state index contributed by atoms with van der Waals surface area (Å²) in [5.74, 6) is 0.638. The molecule has 1 fully saturated rings. The van der Waals surface area contributed by atoms with E-state index in [1.54, 1.807) is 23.4 Å². The van der Waals surface area contributed by atoms with Crippen LogP contribution in [0.5, 0.6) is 0 Å². The predicted octanol–water partition coefficient (Wildman–Crippen LogP) is 3.07. The number of nitrogens with one attached hydrogen (secondary N) is 1. The Labute approximate surface area is 151 Å². The number of carbonyl (C=O) groups is 1. The molecule has 0 radical (unpaired) electrons. The van der Waals surface area contributed by atoms with Crippen molar-refractivity contribution >= 4 is 11.7 Å². The van der Waals surface area contributed by atoms with Crippen molar-refractivity contribution in [3.63, 3.8) is 0 Å². The van der Waals surface area contributed by atoms with Crippen molar-refractivity contribution in [2.75, 3.05) is 5.32 Å². The van der Waals surface area contributed by atoms with E-state index in [0.717, 1.165) is 29.7 Å². The van der Waals surface area contributed by atoms with E-state index in [4.69, 9.17) is 0 Å². The maximum atomic E-state index is 12.8. The molecule has 0 atom stereocenters. The molecule has 0 spiro atoms. The zero-order valence-electron chi connectivity index (χ0n) is 14.5. The van der Waals surface area contributed by atoms with Crippen LogP contribution in [0.3, 0.4) is 0 Å². The molecule has 1 aromatic carbocycles. The first-order chi connectivity index (χ1) is 12.7. The summed E-state index contributed by atoms with van der Waals surface area (Å²) < 4.78 is 1.66. The quantitative estimate of drug-likeness (QED) is 0.769. The minimum atomic E-state index is -0.0876. The second kappa shape index (κ2) is 6.95. The fourth-order valence-corrected chi connectivity index (χ4v) is 2.84. The first-order valence-corrected chi connectivity index (χ1v) is 8.61. The number of hydrogen-bond donors (Lipinski definition) is 1. The molecular formula is C19H20N6O. The molecule has 7 heteroatoms. The number of aryl methyl sites for hydroxylation is 1. The summed E-state index contributed by atoms with van der Waals surface area (Å²) in [5, 5.41) is 7.32. The average molecular weight is 348 g/mol. The topological polar surface area (TPSA) is 75.9 Å². The number of nitrogens with zero attached hydrogens (tertiary/aromatic N) is 5. The van der Waals surface area contributed by atoms with Crippen molar-refractivity contribution in [2.45, 2.75) is 25.4 Å². The number of aromatic nitrogens is 4. The Morgan fingerprint density at radius 2 is 2.08 bits per heavy atom. The van der Waals surface area contributed by atoms with Crippen LogP contribution in [0.4, 0.5) is 10.5 Å². The van der Waals surface area contributed by atoms with Crippen molar-refractivity contribution in [2.24, 2.45) is 7.05 Å². The normalized spacial score (nSPS) is 13.4. The first kappa shape index (κ1) is 16.3. The molecular weight excluding hydrogens is 328 g/mol. The van der Waals surface area contributed by atoms with Gasteiger partial charge in [0.25, 0.3) is 0 Å². The number of anilines is 1. The van der Waals surface area contributed by atoms with E-state index in [0.29, 0.717) is 18.4 Å². The highest BCUT2D eigenvalue weighted by Crippen LogP contribution is 2.29. The van der Waals surface area contributed by atoms with Crippen LogP contribution in [0.25, 0.3) is 11.4 Å². The number of pyridine rings is 1. The van der Waals surface area contributed by atoms with Crippen molar-refractivity contribution in [1.82, 2.24) is 24.6 Å². The molecule has 1 aliphatic rings.